The largest absolute Gasteiger partial charge is 0.0850 e. The molecule has 0 aromatic rings. The van der Waals surface area contributed by atoms with Crippen LogP contribution in [-0.2, 0) is 0 Å². The molecule has 0 heterocycles. The maximum Gasteiger partial charge on any atom is -0.0115 e. The summed E-state index contributed by atoms with van der Waals surface area (Å²) in [6.07, 6.45) is 6.90. The van der Waals surface area contributed by atoms with Gasteiger partial charge in [0.15, 0.2) is 0 Å². The molecule has 0 radical (unpaired) electrons. The zero-order chi connectivity index (χ0) is 10.8. The Morgan fingerprint density at radius 1 is 1.40 bits per heavy atom. The highest BCUT2D eigenvalue weighted by molar-refractivity contribution is 5.28. The van der Waals surface area contributed by atoms with Gasteiger partial charge in [-0.05, 0) is 61.2 Å². The lowest BCUT2D eigenvalue weighted by atomic mass is 9.34. The molecule has 0 heteroatoms. The van der Waals surface area contributed by atoms with Crippen LogP contribution in [0.4, 0.5) is 0 Å². The molecule has 0 N–H and O–H groups in total. The normalized spacial score (nSPS) is 52.5. The molecule has 2 fully saturated rings. The summed E-state index contributed by atoms with van der Waals surface area (Å²) in [4.78, 5) is 0. The van der Waals surface area contributed by atoms with Gasteiger partial charge in [0.2, 0.25) is 0 Å². The predicted molar refractivity (Wildman–Crippen MR) is 64.5 cm³/mol. The van der Waals surface area contributed by atoms with E-state index < -0.39 is 0 Å². The average molecular weight is 204 g/mol. The highest BCUT2D eigenvalue weighted by Gasteiger charge is 2.64. The van der Waals surface area contributed by atoms with Gasteiger partial charge in [0.05, 0.1) is 0 Å². The molecule has 0 nitrogen and oxygen atoms in total. The Hall–Kier alpha value is -0.260. The minimum Gasteiger partial charge on any atom is -0.0850 e. The fraction of sp³-hybridized carbons (Fsp3) is 0.867. The SMILES string of the molecule is CC1=CCC2C3C(C(C)C)CCC2(C)C13. The van der Waals surface area contributed by atoms with E-state index in [4.69, 9.17) is 0 Å². The minimum absolute atomic E-state index is 0.703. The molecule has 4 rings (SSSR count). The summed E-state index contributed by atoms with van der Waals surface area (Å²) >= 11 is 0. The van der Waals surface area contributed by atoms with Crippen LogP contribution in [-0.4, -0.2) is 0 Å². The first kappa shape index (κ1) is 9.93. The zero-order valence-corrected chi connectivity index (χ0v) is 10.6. The lowest BCUT2D eigenvalue weighted by Gasteiger charge is -2.70. The van der Waals surface area contributed by atoms with E-state index in [1.807, 2.05) is 0 Å². The summed E-state index contributed by atoms with van der Waals surface area (Å²) in [5.41, 5.74) is 2.42. The summed E-state index contributed by atoms with van der Waals surface area (Å²) in [5, 5.41) is 0. The molecular formula is C15H24. The summed E-state index contributed by atoms with van der Waals surface area (Å²) in [7, 11) is 0. The summed E-state index contributed by atoms with van der Waals surface area (Å²) < 4.78 is 0. The van der Waals surface area contributed by atoms with Gasteiger partial charge < -0.3 is 0 Å². The summed E-state index contributed by atoms with van der Waals surface area (Å²) in [5.74, 6) is 4.96. The Morgan fingerprint density at radius 2 is 2.13 bits per heavy atom. The van der Waals surface area contributed by atoms with Gasteiger partial charge in [-0.2, -0.15) is 0 Å². The number of hydrogen-bond acceptors (Lipinski definition) is 0. The van der Waals surface area contributed by atoms with Crippen LogP contribution >= 0.6 is 0 Å². The topological polar surface area (TPSA) is 0 Å². The van der Waals surface area contributed by atoms with Crippen molar-refractivity contribution >= 4 is 0 Å². The predicted octanol–water partition coefficient (Wildman–Crippen LogP) is 4.27. The molecule has 0 aromatic carbocycles. The van der Waals surface area contributed by atoms with E-state index in [2.05, 4.69) is 33.8 Å². The standard InChI is InChI=1S/C15H24/c1-9(2)11-7-8-15(4)12-6-5-10(3)14(15)13(11)12/h5,9,11-14H,6-8H2,1-4H3. The molecule has 84 valence electrons. The molecule has 4 bridgehead atoms. The second kappa shape index (κ2) is 2.90. The summed E-state index contributed by atoms with van der Waals surface area (Å²) in [6, 6.07) is 0. The van der Waals surface area contributed by atoms with Gasteiger partial charge in [0, 0.05) is 0 Å². The van der Waals surface area contributed by atoms with Crippen LogP contribution < -0.4 is 0 Å². The van der Waals surface area contributed by atoms with E-state index in [9.17, 15) is 0 Å². The smallest absolute Gasteiger partial charge is 0.0115 e. The molecule has 4 aliphatic rings. The second-order valence-electron chi connectivity index (χ2n) is 6.80. The molecule has 0 spiro atoms. The van der Waals surface area contributed by atoms with Crippen molar-refractivity contribution in [1.82, 2.24) is 0 Å². The van der Waals surface area contributed by atoms with E-state index in [0.29, 0.717) is 5.41 Å². The number of fused-ring (bicyclic) bond motifs is 1. The third kappa shape index (κ3) is 1.04. The maximum atomic E-state index is 2.56. The van der Waals surface area contributed by atoms with Crippen LogP contribution in [0.5, 0.6) is 0 Å². The van der Waals surface area contributed by atoms with Crippen LogP contribution in [0.1, 0.15) is 47.0 Å². The lowest BCUT2D eigenvalue weighted by Crippen LogP contribution is -2.63. The highest BCUT2D eigenvalue weighted by atomic mass is 14.7. The van der Waals surface area contributed by atoms with Crippen molar-refractivity contribution in [3.05, 3.63) is 11.6 Å². The van der Waals surface area contributed by atoms with Crippen molar-refractivity contribution in [2.45, 2.75) is 47.0 Å². The quantitative estimate of drug-likeness (QED) is 0.559. The van der Waals surface area contributed by atoms with Gasteiger partial charge in [-0.3, -0.25) is 0 Å². The van der Waals surface area contributed by atoms with Crippen LogP contribution in [0.2, 0.25) is 0 Å². The Morgan fingerprint density at radius 3 is 2.73 bits per heavy atom. The minimum atomic E-state index is 0.703. The molecule has 5 unspecified atom stereocenters. The number of allylic oxidation sites excluding steroid dienone is 2. The fourth-order valence-corrected chi connectivity index (χ4v) is 5.25. The Bertz CT molecular complexity index is 312. The van der Waals surface area contributed by atoms with Crippen molar-refractivity contribution in [3.63, 3.8) is 0 Å². The van der Waals surface area contributed by atoms with Gasteiger partial charge in [0.25, 0.3) is 0 Å². The Kier molecular flexibility index (Phi) is 1.92. The van der Waals surface area contributed by atoms with Gasteiger partial charge in [-0.1, -0.05) is 32.4 Å². The third-order valence-corrected chi connectivity index (χ3v) is 5.96. The van der Waals surface area contributed by atoms with Crippen molar-refractivity contribution in [2.75, 3.05) is 0 Å². The van der Waals surface area contributed by atoms with Crippen LogP contribution in [0, 0.1) is 35.0 Å². The van der Waals surface area contributed by atoms with Gasteiger partial charge in [-0.25, -0.2) is 0 Å². The van der Waals surface area contributed by atoms with Crippen molar-refractivity contribution < 1.29 is 0 Å². The van der Waals surface area contributed by atoms with E-state index in [1.165, 1.54) is 19.3 Å². The number of hydrogen-bond donors (Lipinski definition) is 0. The van der Waals surface area contributed by atoms with Gasteiger partial charge >= 0.3 is 0 Å². The lowest BCUT2D eigenvalue weighted by molar-refractivity contribution is -0.181. The second-order valence-corrected chi connectivity index (χ2v) is 6.80. The zero-order valence-electron chi connectivity index (χ0n) is 10.6. The maximum absolute atomic E-state index is 2.56. The average Bonchev–Trinajstić information content (AvgIpc) is 2.17. The van der Waals surface area contributed by atoms with Crippen LogP contribution in [0.25, 0.3) is 0 Å². The molecule has 0 aromatic heterocycles. The molecule has 15 heavy (non-hydrogen) atoms. The van der Waals surface area contributed by atoms with E-state index in [-0.39, 0.29) is 0 Å². The first-order valence-corrected chi connectivity index (χ1v) is 6.72. The van der Waals surface area contributed by atoms with Crippen molar-refractivity contribution in [2.24, 2.45) is 35.0 Å². The van der Waals surface area contributed by atoms with Crippen LogP contribution in [0.15, 0.2) is 11.6 Å². The number of rotatable bonds is 1. The van der Waals surface area contributed by atoms with Crippen molar-refractivity contribution in [3.8, 4) is 0 Å². The molecule has 0 saturated heterocycles. The molecule has 2 saturated carbocycles. The molecule has 4 aliphatic carbocycles. The van der Waals surface area contributed by atoms with E-state index in [0.717, 1.165) is 29.6 Å². The first-order chi connectivity index (χ1) is 7.05. The van der Waals surface area contributed by atoms with Gasteiger partial charge in [-0.15, -0.1) is 0 Å². The Labute approximate surface area is 94.1 Å². The van der Waals surface area contributed by atoms with Crippen molar-refractivity contribution in [1.29, 1.82) is 0 Å². The monoisotopic (exact) mass is 204 g/mol. The third-order valence-electron chi connectivity index (χ3n) is 5.96. The highest BCUT2D eigenvalue weighted by Crippen LogP contribution is 2.71. The van der Waals surface area contributed by atoms with E-state index >= 15 is 0 Å². The molecular weight excluding hydrogens is 180 g/mol. The fourth-order valence-electron chi connectivity index (χ4n) is 5.25. The Balaban J connectivity index is 1.95. The molecule has 0 amide bonds. The van der Waals surface area contributed by atoms with E-state index in [1.54, 1.807) is 5.57 Å². The van der Waals surface area contributed by atoms with Crippen LogP contribution in [0.3, 0.4) is 0 Å². The summed E-state index contributed by atoms with van der Waals surface area (Å²) in [6.45, 7) is 9.81. The van der Waals surface area contributed by atoms with Gasteiger partial charge in [0.1, 0.15) is 0 Å². The molecule has 5 atom stereocenters. The molecule has 0 aliphatic heterocycles. The first-order valence-electron chi connectivity index (χ1n) is 6.72.